The lowest BCUT2D eigenvalue weighted by atomic mass is 10.2. The van der Waals surface area contributed by atoms with Gasteiger partial charge in [0.1, 0.15) is 0 Å². The van der Waals surface area contributed by atoms with Gasteiger partial charge in [0.25, 0.3) is 0 Å². The van der Waals surface area contributed by atoms with E-state index in [0.717, 1.165) is 30.2 Å². The van der Waals surface area contributed by atoms with Gasteiger partial charge in [0.2, 0.25) is 0 Å². The van der Waals surface area contributed by atoms with Crippen LogP contribution in [-0.4, -0.2) is 16.3 Å². The van der Waals surface area contributed by atoms with Gasteiger partial charge in [-0.1, -0.05) is 24.6 Å². The van der Waals surface area contributed by atoms with E-state index >= 15 is 0 Å². The normalized spacial score (nSPS) is 10.7. The van der Waals surface area contributed by atoms with Crippen molar-refractivity contribution in [1.82, 2.24) is 15.1 Å². The zero-order valence-electron chi connectivity index (χ0n) is 9.86. The topological polar surface area (TPSA) is 29.9 Å². The first-order chi connectivity index (χ1) is 8.31. The minimum atomic E-state index is 0.726. The highest BCUT2D eigenvalue weighted by Crippen LogP contribution is 2.21. The summed E-state index contributed by atoms with van der Waals surface area (Å²) in [5.41, 5.74) is 2.11. The molecule has 0 atom stereocenters. The molecule has 0 fully saturated rings. The Balaban J connectivity index is 2.12. The zero-order chi connectivity index (χ0) is 12.1. The molecule has 3 nitrogen and oxygen atoms in total. The van der Waals surface area contributed by atoms with Crippen molar-refractivity contribution in [2.45, 2.75) is 19.9 Å². The number of nitrogens with one attached hydrogen (secondary N) is 1. The molecule has 2 aromatic rings. The molecule has 0 saturated heterocycles. The van der Waals surface area contributed by atoms with Gasteiger partial charge in [-0.25, -0.2) is 4.68 Å². The van der Waals surface area contributed by atoms with Crippen LogP contribution in [0.4, 0.5) is 0 Å². The summed E-state index contributed by atoms with van der Waals surface area (Å²) in [7, 11) is 0. The average Bonchev–Trinajstić information content (AvgIpc) is 2.83. The van der Waals surface area contributed by atoms with Crippen molar-refractivity contribution in [2.24, 2.45) is 0 Å². The highest BCUT2D eigenvalue weighted by molar-refractivity contribution is 6.32. The summed E-state index contributed by atoms with van der Waals surface area (Å²) in [5, 5.41) is 8.25. The molecular weight excluding hydrogens is 234 g/mol. The van der Waals surface area contributed by atoms with Crippen molar-refractivity contribution in [3.8, 4) is 5.69 Å². The van der Waals surface area contributed by atoms with Crippen LogP contribution in [0.2, 0.25) is 5.02 Å². The molecule has 90 valence electrons. The Morgan fingerprint density at radius 2 is 2.29 bits per heavy atom. The van der Waals surface area contributed by atoms with Crippen LogP contribution in [0.1, 0.15) is 18.9 Å². The first kappa shape index (κ1) is 12.1. The van der Waals surface area contributed by atoms with Gasteiger partial charge in [-0.15, -0.1) is 0 Å². The van der Waals surface area contributed by atoms with Crippen LogP contribution in [0, 0.1) is 0 Å². The molecule has 0 spiro atoms. The molecule has 0 aliphatic rings. The molecule has 0 aliphatic carbocycles. The molecule has 1 aromatic heterocycles. The van der Waals surface area contributed by atoms with E-state index in [9.17, 15) is 0 Å². The van der Waals surface area contributed by atoms with E-state index in [-0.39, 0.29) is 0 Å². The minimum Gasteiger partial charge on any atom is -0.313 e. The van der Waals surface area contributed by atoms with Crippen LogP contribution >= 0.6 is 11.6 Å². The van der Waals surface area contributed by atoms with Crippen molar-refractivity contribution >= 4 is 11.6 Å². The number of hydrogen-bond acceptors (Lipinski definition) is 2. The van der Waals surface area contributed by atoms with Gasteiger partial charge in [0.05, 0.1) is 10.7 Å². The lowest BCUT2D eigenvalue weighted by Crippen LogP contribution is -2.13. The molecule has 17 heavy (non-hydrogen) atoms. The maximum Gasteiger partial charge on any atom is 0.0831 e. The van der Waals surface area contributed by atoms with E-state index in [1.807, 2.05) is 24.4 Å². The Labute approximate surface area is 106 Å². The monoisotopic (exact) mass is 249 g/mol. The predicted molar refractivity (Wildman–Crippen MR) is 70.6 cm³/mol. The molecule has 4 heteroatoms. The highest BCUT2D eigenvalue weighted by atomic mass is 35.5. The first-order valence-electron chi connectivity index (χ1n) is 5.80. The van der Waals surface area contributed by atoms with Crippen molar-refractivity contribution < 1.29 is 0 Å². The standard InChI is InChI=1S/C13H16ClN3/c1-2-6-15-10-11-4-5-13(12(14)9-11)17-8-3-7-16-17/h3-5,7-9,15H,2,6,10H2,1H3. The summed E-state index contributed by atoms with van der Waals surface area (Å²) in [6.07, 6.45) is 4.77. The number of hydrogen-bond donors (Lipinski definition) is 1. The molecule has 1 N–H and O–H groups in total. The molecule has 0 aliphatic heterocycles. The lowest BCUT2D eigenvalue weighted by molar-refractivity contribution is 0.675. The second-order valence-electron chi connectivity index (χ2n) is 3.91. The fourth-order valence-corrected chi connectivity index (χ4v) is 1.96. The third-order valence-corrected chi connectivity index (χ3v) is 2.82. The van der Waals surface area contributed by atoms with Crippen LogP contribution in [0.15, 0.2) is 36.7 Å². The summed E-state index contributed by atoms with van der Waals surface area (Å²) in [5.74, 6) is 0. The van der Waals surface area contributed by atoms with Crippen molar-refractivity contribution in [3.63, 3.8) is 0 Å². The van der Waals surface area contributed by atoms with Crippen LogP contribution in [0.25, 0.3) is 5.69 Å². The Morgan fingerprint density at radius 3 is 2.94 bits per heavy atom. The average molecular weight is 250 g/mol. The van der Waals surface area contributed by atoms with Gasteiger partial charge < -0.3 is 5.32 Å². The number of nitrogens with zero attached hydrogens (tertiary/aromatic N) is 2. The fourth-order valence-electron chi connectivity index (χ4n) is 1.67. The number of benzene rings is 1. The summed E-state index contributed by atoms with van der Waals surface area (Å²) in [6.45, 7) is 4.03. The quantitative estimate of drug-likeness (QED) is 0.826. The summed E-state index contributed by atoms with van der Waals surface area (Å²) >= 11 is 6.25. The van der Waals surface area contributed by atoms with Crippen LogP contribution < -0.4 is 5.32 Å². The molecule has 0 saturated carbocycles. The SMILES string of the molecule is CCCNCc1ccc(-n2cccn2)c(Cl)c1. The second-order valence-corrected chi connectivity index (χ2v) is 4.32. The highest BCUT2D eigenvalue weighted by Gasteiger charge is 2.03. The second kappa shape index (κ2) is 5.84. The molecule has 0 amide bonds. The predicted octanol–water partition coefficient (Wildman–Crippen LogP) is 3.03. The maximum absolute atomic E-state index is 6.25. The first-order valence-corrected chi connectivity index (χ1v) is 6.18. The Hall–Kier alpha value is -1.32. The number of rotatable bonds is 5. The number of aromatic nitrogens is 2. The molecular formula is C13H16ClN3. The third-order valence-electron chi connectivity index (χ3n) is 2.52. The largest absolute Gasteiger partial charge is 0.313 e. The van der Waals surface area contributed by atoms with Crippen molar-refractivity contribution in [3.05, 3.63) is 47.2 Å². The Morgan fingerprint density at radius 1 is 1.41 bits per heavy atom. The fraction of sp³-hybridized carbons (Fsp3) is 0.308. The zero-order valence-corrected chi connectivity index (χ0v) is 10.6. The van der Waals surface area contributed by atoms with Gasteiger partial charge in [-0.05, 0) is 36.7 Å². The Kier molecular flexibility index (Phi) is 4.18. The third kappa shape index (κ3) is 3.08. The van der Waals surface area contributed by atoms with Crippen LogP contribution in [-0.2, 0) is 6.54 Å². The van der Waals surface area contributed by atoms with E-state index < -0.39 is 0 Å². The maximum atomic E-state index is 6.25. The smallest absolute Gasteiger partial charge is 0.0831 e. The molecule has 0 unspecified atom stereocenters. The van der Waals surface area contributed by atoms with E-state index in [4.69, 9.17) is 11.6 Å². The van der Waals surface area contributed by atoms with Gasteiger partial charge in [-0.3, -0.25) is 0 Å². The van der Waals surface area contributed by atoms with Crippen molar-refractivity contribution in [2.75, 3.05) is 6.54 Å². The summed E-state index contributed by atoms with van der Waals surface area (Å²) in [4.78, 5) is 0. The minimum absolute atomic E-state index is 0.726. The summed E-state index contributed by atoms with van der Waals surface area (Å²) < 4.78 is 1.77. The van der Waals surface area contributed by atoms with E-state index in [2.05, 4.69) is 23.4 Å². The lowest BCUT2D eigenvalue weighted by Gasteiger charge is -2.08. The molecule has 1 heterocycles. The summed E-state index contributed by atoms with van der Waals surface area (Å²) in [6, 6.07) is 7.94. The van der Waals surface area contributed by atoms with Gasteiger partial charge in [0.15, 0.2) is 0 Å². The van der Waals surface area contributed by atoms with Gasteiger partial charge in [-0.2, -0.15) is 5.10 Å². The van der Waals surface area contributed by atoms with E-state index in [0.29, 0.717) is 0 Å². The molecule has 1 aromatic carbocycles. The van der Waals surface area contributed by atoms with E-state index in [1.165, 1.54) is 5.56 Å². The Bertz CT molecular complexity index is 466. The van der Waals surface area contributed by atoms with Crippen molar-refractivity contribution in [1.29, 1.82) is 0 Å². The molecule has 2 rings (SSSR count). The van der Waals surface area contributed by atoms with Gasteiger partial charge >= 0.3 is 0 Å². The molecule has 0 bridgehead atoms. The number of halogens is 1. The van der Waals surface area contributed by atoms with Gasteiger partial charge in [0, 0.05) is 18.9 Å². The van der Waals surface area contributed by atoms with Crippen LogP contribution in [0.5, 0.6) is 0 Å². The van der Waals surface area contributed by atoms with E-state index in [1.54, 1.807) is 10.9 Å². The molecule has 0 radical (unpaired) electrons. The van der Waals surface area contributed by atoms with Crippen LogP contribution in [0.3, 0.4) is 0 Å².